The number of hydrogen-bond acceptors (Lipinski definition) is 4. The van der Waals surface area contributed by atoms with Gasteiger partial charge in [-0.25, -0.2) is 4.98 Å². The normalized spacial score (nSPS) is 10.9. The second-order valence-electron chi connectivity index (χ2n) is 5.53. The van der Waals surface area contributed by atoms with Crippen molar-refractivity contribution in [2.24, 2.45) is 0 Å². The zero-order valence-electron chi connectivity index (χ0n) is 13.4. The summed E-state index contributed by atoms with van der Waals surface area (Å²) in [4.78, 5) is 6.73. The van der Waals surface area contributed by atoms with Crippen LogP contribution in [0.5, 0.6) is 0 Å². The largest absolute Gasteiger partial charge is 0.464 e. The van der Waals surface area contributed by atoms with E-state index in [1.165, 1.54) is 11.1 Å². The van der Waals surface area contributed by atoms with Crippen molar-refractivity contribution in [1.82, 2.24) is 10.3 Å². The van der Waals surface area contributed by atoms with Crippen LogP contribution in [0.1, 0.15) is 36.0 Å². The lowest BCUT2D eigenvalue weighted by Gasteiger charge is -2.19. The summed E-state index contributed by atoms with van der Waals surface area (Å²) in [6.07, 6.45) is 3.10. The molecule has 0 radical (unpaired) electrons. The highest BCUT2D eigenvalue weighted by molar-refractivity contribution is 5.46. The Labute approximate surface area is 127 Å². The Morgan fingerprint density at radius 1 is 1.29 bits per heavy atom. The molecule has 4 nitrogen and oxygen atoms in total. The average Bonchev–Trinajstić information content (AvgIpc) is 2.84. The molecule has 0 saturated carbocycles. The van der Waals surface area contributed by atoms with E-state index in [-0.39, 0.29) is 0 Å². The number of nitrogens with one attached hydrogen (secondary N) is 1. The van der Waals surface area contributed by atoms with Crippen LogP contribution in [0.2, 0.25) is 0 Å². The number of pyridine rings is 1. The summed E-state index contributed by atoms with van der Waals surface area (Å²) in [5, 5.41) is 3.40. The Bertz CT molecular complexity index is 577. The minimum absolute atomic E-state index is 0.731. The minimum Gasteiger partial charge on any atom is -0.464 e. The lowest BCUT2D eigenvalue weighted by atomic mass is 10.2. The third-order valence-corrected chi connectivity index (χ3v) is 3.41. The van der Waals surface area contributed by atoms with E-state index in [9.17, 15) is 0 Å². The number of nitrogens with zero attached hydrogens (tertiary/aromatic N) is 2. The maximum atomic E-state index is 5.63. The molecule has 0 aromatic carbocycles. The van der Waals surface area contributed by atoms with Crippen LogP contribution in [0.25, 0.3) is 0 Å². The second kappa shape index (κ2) is 7.27. The quantitative estimate of drug-likeness (QED) is 0.792. The molecule has 0 unspecified atom stereocenters. The van der Waals surface area contributed by atoms with Gasteiger partial charge in [0.05, 0.1) is 6.54 Å². The predicted molar refractivity (Wildman–Crippen MR) is 86.5 cm³/mol. The van der Waals surface area contributed by atoms with Crippen molar-refractivity contribution in [2.75, 3.05) is 18.5 Å². The van der Waals surface area contributed by atoms with Gasteiger partial charge < -0.3 is 14.6 Å². The Morgan fingerprint density at radius 3 is 2.71 bits per heavy atom. The highest BCUT2D eigenvalue weighted by atomic mass is 16.3. The van der Waals surface area contributed by atoms with Crippen LogP contribution >= 0.6 is 0 Å². The fourth-order valence-corrected chi connectivity index (χ4v) is 2.41. The fourth-order valence-electron chi connectivity index (χ4n) is 2.41. The molecule has 1 N–H and O–H groups in total. The van der Waals surface area contributed by atoms with Gasteiger partial charge in [0.2, 0.25) is 0 Å². The first-order chi connectivity index (χ1) is 10.1. The van der Waals surface area contributed by atoms with Crippen LogP contribution in [0.3, 0.4) is 0 Å². The zero-order chi connectivity index (χ0) is 15.2. The molecule has 114 valence electrons. The molecule has 0 bridgehead atoms. The van der Waals surface area contributed by atoms with Crippen LogP contribution in [0.4, 0.5) is 5.82 Å². The van der Waals surface area contributed by atoms with Gasteiger partial charge in [0.25, 0.3) is 0 Å². The standard InChI is InChI=1S/C17H25N3O/c1-5-8-18-10-15-9-13(2)17(19-11-15)20(4)12-16-7-6-14(3)21-16/h6-7,9,11,18H,5,8,10,12H2,1-4H3. The molecular weight excluding hydrogens is 262 g/mol. The van der Waals surface area contributed by atoms with Gasteiger partial charge in [0.15, 0.2) is 0 Å². The molecule has 2 rings (SSSR count). The highest BCUT2D eigenvalue weighted by Gasteiger charge is 2.09. The SMILES string of the molecule is CCCNCc1cnc(N(C)Cc2ccc(C)o2)c(C)c1. The first-order valence-electron chi connectivity index (χ1n) is 7.53. The summed E-state index contributed by atoms with van der Waals surface area (Å²) in [6.45, 7) is 8.89. The van der Waals surface area contributed by atoms with Crippen LogP contribution in [-0.2, 0) is 13.1 Å². The van der Waals surface area contributed by atoms with Gasteiger partial charge in [-0.1, -0.05) is 6.92 Å². The molecule has 21 heavy (non-hydrogen) atoms. The van der Waals surface area contributed by atoms with Gasteiger partial charge in [-0.2, -0.15) is 0 Å². The van der Waals surface area contributed by atoms with Crippen LogP contribution in [0, 0.1) is 13.8 Å². The molecule has 0 aliphatic rings. The van der Waals surface area contributed by atoms with E-state index in [0.717, 1.165) is 43.4 Å². The topological polar surface area (TPSA) is 41.3 Å². The van der Waals surface area contributed by atoms with Gasteiger partial charge in [-0.05, 0) is 56.1 Å². The lowest BCUT2D eigenvalue weighted by Crippen LogP contribution is -2.19. The van der Waals surface area contributed by atoms with Crippen molar-refractivity contribution in [3.63, 3.8) is 0 Å². The van der Waals surface area contributed by atoms with E-state index in [2.05, 4.69) is 35.1 Å². The predicted octanol–water partition coefficient (Wildman–Crippen LogP) is 3.43. The average molecular weight is 287 g/mol. The first-order valence-corrected chi connectivity index (χ1v) is 7.53. The van der Waals surface area contributed by atoms with Crippen molar-refractivity contribution in [3.8, 4) is 0 Å². The van der Waals surface area contributed by atoms with Gasteiger partial charge in [-0.3, -0.25) is 0 Å². The van der Waals surface area contributed by atoms with Gasteiger partial charge >= 0.3 is 0 Å². The summed E-state index contributed by atoms with van der Waals surface area (Å²) < 4.78 is 5.63. The molecule has 0 aliphatic heterocycles. The smallest absolute Gasteiger partial charge is 0.131 e. The maximum absolute atomic E-state index is 5.63. The van der Waals surface area contributed by atoms with Crippen LogP contribution in [0.15, 0.2) is 28.8 Å². The first kappa shape index (κ1) is 15.6. The molecule has 0 spiro atoms. The van der Waals surface area contributed by atoms with E-state index in [0.29, 0.717) is 0 Å². The van der Waals surface area contributed by atoms with E-state index in [1.807, 2.05) is 32.3 Å². The number of aryl methyl sites for hydroxylation is 2. The number of furan rings is 1. The summed E-state index contributed by atoms with van der Waals surface area (Å²) in [5.74, 6) is 2.91. The lowest BCUT2D eigenvalue weighted by molar-refractivity contribution is 0.481. The summed E-state index contributed by atoms with van der Waals surface area (Å²) in [5.41, 5.74) is 2.42. The number of aromatic nitrogens is 1. The number of anilines is 1. The molecule has 2 heterocycles. The monoisotopic (exact) mass is 287 g/mol. The molecular formula is C17H25N3O. The molecule has 0 fully saturated rings. The van der Waals surface area contributed by atoms with E-state index in [1.54, 1.807) is 0 Å². The Balaban J connectivity index is 2.02. The summed E-state index contributed by atoms with van der Waals surface area (Å²) in [7, 11) is 2.04. The maximum Gasteiger partial charge on any atom is 0.131 e. The van der Waals surface area contributed by atoms with E-state index in [4.69, 9.17) is 4.42 Å². The van der Waals surface area contributed by atoms with E-state index >= 15 is 0 Å². The summed E-state index contributed by atoms with van der Waals surface area (Å²) >= 11 is 0. The second-order valence-corrected chi connectivity index (χ2v) is 5.53. The molecule has 2 aromatic rings. The molecule has 0 aliphatic carbocycles. The van der Waals surface area contributed by atoms with Gasteiger partial charge in [-0.15, -0.1) is 0 Å². The molecule has 0 saturated heterocycles. The zero-order valence-corrected chi connectivity index (χ0v) is 13.4. The number of rotatable bonds is 7. The van der Waals surface area contributed by atoms with Gasteiger partial charge in [0.1, 0.15) is 17.3 Å². The molecule has 2 aromatic heterocycles. The van der Waals surface area contributed by atoms with Crippen molar-refractivity contribution < 1.29 is 4.42 Å². The fraction of sp³-hybridized carbons (Fsp3) is 0.471. The Hall–Kier alpha value is -1.81. The van der Waals surface area contributed by atoms with Crippen molar-refractivity contribution in [2.45, 2.75) is 40.3 Å². The molecule has 0 atom stereocenters. The van der Waals surface area contributed by atoms with Gasteiger partial charge in [0, 0.05) is 19.8 Å². The van der Waals surface area contributed by atoms with Crippen LogP contribution in [-0.4, -0.2) is 18.6 Å². The van der Waals surface area contributed by atoms with Crippen molar-refractivity contribution in [1.29, 1.82) is 0 Å². The molecule has 4 heteroatoms. The Morgan fingerprint density at radius 2 is 2.10 bits per heavy atom. The van der Waals surface area contributed by atoms with Crippen molar-refractivity contribution >= 4 is 5.82 Å². The third-order valence-electron chi connectivity index (χ3n) is 3.41. The highest BCUT2D eigenvalue weighted by Crippen LogP contribution is 2.19. The number of hydrogen-bond donors (Lipinski definition) is 1. The van der Waals surface area contributed by atoms with Crippen LogP contribution < -0.4 is 10.2 Å². The molecule has 0 amide bonds. The minimum atomic E-state index is 0.731. The Kier molecular flexibility index (Phi) is 5.39. The van der Waals surface area contributed by atoms with E-state index < -0.39 is 0 Å². The summed E-state index contributed by atoms with van der Waals surface area (Å²) in [6, 6.07) is 6.21. The third kappa shape index (κ3) is 4.33. The van der Waals surface area contributed by atoms with Crippen molar-refractivity contribution in [3.05, 3.63) is 47.0 Å².